The Balaban J connectivity index is 0.000000671. The molecule has 0 atom stereocenters. The highest BCUT2D eigenvalue weighted by Crippen LogP contribution is 2.21. The molecule has 0 bridgehead atoms. The molecular formula is C10H14N2O. The molecule has 0 unspecified atom stereocenters. The van der Waals surface area contributed by atoms with E-state index in [9.17, 15) is 0 Å². The molecule has 0 aromatic heterocycles. The van der Waals surface area contributed by atoms with Crippen molar-refractivity contribution in [3.63, 3.8) is 0 Å². The second kappa shape index (κ2) is 5.90. The maximum atomic E-state index is 8.50. The summed E-state index contributed by atoms with van der Waals surface area (Å²) in [5.74, 6) is 0.545. The quantitative estimate of drug-likeness (QED) is 0.670. The molecule has 1 rings (SSSR count). The molecule has 0 saturated carbocycles. The first kappa shape index (κ1) is 11.3. The van der Waals surface area contributed by atoms with Crippen molar-refractivity contribution in [2.75, 3.05) is 12.8 Å². The summed E-state index contributed by atoms with van der Waals surface area (Å²) >= 11 is 0. The Bertz CT molecular complexity index is 302. The monoisotopic (exact) mass is 178 g/mol. The molecular weight excluding hydrogens is 164 g/mol. The Morgan fingerprint density at radius 2 is 2.00 bits per heavy atom. The van der Waals surface area contributed by atoms with Crippen LogP contribution in [0.5, 0.6) is 5.75 Å². The lowest BCUT2D eigenvalue weighted by Crippen LogP contribution is -1.92. The molecule has 1 aromatic rings. The van der Waals surface area contributed by atoms with E-state index < -0.39 is 0 Å². The number of nitriles is 1. The molecule has 3 heteroatoms. The SMILES string of the molecule is CC.COc1cc(C#N)ccc1N. The average molecular weight is 178 g/mol. The zero-order chi connectivity index (χ0) is 10.3. The maximum absolute atomic E-state index is 8.50. The molecule has 1 aromatic carbocycles. The van der Waals surface area contributed by atoms with Gasteiger partial charge in [-0.05, 0) is 12.1 Å². The second-order valence-electron chi connectivity index (χ2n) is 2.07. The third-order valence-corrected chi connectivity index (χ3v) is 1.36. The molecule has 0 heterocycles. The van der Waals surface area contributed by atoms with Crippen LogP contribution >= 0.6 is 0 Å². The Hall–Kier alpha value is -1.69. The van der Waals surface area contributed by atoms with Gasteiger partial charge in [0, 0.05) is 6.07 Å². The summed E-state index contributed by atoms with van der Waals surface area (Å²) in [6, 6.07) is 6.90. The van der Waals surface area contributed by atoms with E-state index in [4.69, 9.17) is 15.7 Å². The van der Waals surface area contributed by atoms with E-state index in [1.54, 1.807) is 18.2 Å². The third-order valence-electron chi connectivity index (χ3n) is 1.36. The van der Waals surface area contributed by atoms with Gasteiger partial charge in [-0.3, -0.25) is 0 Å². The summed E-state index contributed by atoms with van der Waals surface area (Å²) in [5, 5.41) is 8.50. The maximum Gasteiger partial charge on any atom is 0.143 e. The minimum atomic E-state index is 0.545. The molecule has 2 N–H and O–H groups in total. The van der Waals surface area contributed by atoms with Gasteiger partial charge in [-0.1, -0.05) is 13.8 Å². The summed E-state index contributed by atoms with van der Waals surface area (Å²) in [5.41, 5.74) is 6.62. The van der Waals surface area contributed by atoms with E-state index in [0.717, 1.165) is 0 Å². The van der Waals surface area contributed by atoms with Gasteiger partial charge in [-0.15, -0.1) is 0 Å². The van der Waals surface area contributed by atoms with Gasteiger partial charge in [-0.25, -0.2) is 0 Å². The van der Waals surface area contributed by atoms with Crippen LogP contribution in [-0.2, 0) is 0 Å². The van der Waals surface area contributed by atoms with E-state index in [1.807, 2.05) is 19.9 Å². The van der Waals surface area contributed by atoms with Crippen LogP contribution in [0.3, 0.4) is 0 Å². The first-order valence-electron chi connectivity index (χ1n) is 4.11. The van der Waals surface area contributed by atoms with Crippen LogP contribution in [0.2, 0.25) is 0 Å². The normalized spacial score (nSPS) is 7.85. The van der Waals surface area contributed by atoms with Crippen LogP contribution in [-0.4, -0.2) is 7.11 Å². The van der Waals surface area contributed by atoms with Crippen LogP contribution in [0.1, 0.15) is 19.4 Å². The van der Waals surface area contributed by atoms with Crippen molar-refractivity contribution in [1.82, 2.24) is 0 Å². The first-order chi connectivity index (χ1) is 6.27. The van der Waals surface area contributed by atoms with E-state index >= 15 is 0 Å². The van der Waals surface area contributed by atoms with Crippen LogP contribution < -0.4 is 10.5 Å². The summed E-state index contributed by atoms with van der Waals surface area (Å²) in [6.07, 6.45) is 0. The van der Waals surface area contributed by atoms with Crippen LogP contribution in [0.4, 0.5) is 5.69 Å². The highest BCUT2D eigenvalue weighted by molar-refractivity contribution is 5.55. The predicted octanol–water partition coefficient (Wildman–Crippen LogP) is 2.18. The molecule has 0 radical (unpaired) electrons. The van der Waals surface area contributed by atoms with Crippen LogP contribution in [0, 0.1) is 11.3 Å². The molecule has 0 aliphatic rings. The highest BCUT2D eigenvalue weighted by Gasteiger charge is 1.98. The Morgan fingerprint density at radius 3 is 2.46 bits per heavy atom. The number of anilines is 1. The van der Waals surface area contributed by atoms with Crippen molar-refractivity contribution in [2.24, 2.45) is 0 Å². The third kappa shape index (κ3) is 3.04. The fourth-order valence-electron chi connectivity index (χ4n) is 0.781. The Labute approximate surface area is 78.7 Å². The summed E-state index contributed by atoms with van der Waals surface area (Å²) in [7, 11) is 1.52. The molecule has 0 fully saturated rings. The largest absolute Gasteiger partial charge is 0.495 e. The smallest absolute Gasteiger partial charge is 0.143 e. The van der Waals surface area contributed by atoms with Crippen molar-refractivity contribution in [3.8, 4) is 11.8 Å². The van der Waals surface area contributed by atoms with Crippen molar-refractivity contribution in [3.05, 3.63) is 23.8 Å². The van der Waals surface area contributed by atoms with Gasteiger partial charge in [0.15, 0.2) is 0 Å². The lowest BCUT2D eigenvalue weighted by atomic mass is 10.2. The number of ether oxygens (including phenoxy) is 1. The molecule has 0 amide bonds. The van der Waals surface area contributed by atoms with E-state index in [2.05, 4.69) is 0 Å². The molecule has 13 heavy (non-hydrogen) atoms. The molecule has 70 valence electrons. The van der Waals surface area contributed by atoms with E-state index in [1.165, 1.54) is 7.11 Å². The zero-order valence-corrected chi connectivity index (χ0v) is 8.16. The van der Waals surface area contributed by atoms with Gasteiger partial charge < -0.3 is 10.5 Å². The van der Waals surface area contributed by atoms with Gasteiger partial charge in [0.2, 0.25) is 0 Å². The van der Waals surface area contributed by atoms with Crippen molar-refractivity contribution >= 4 is 5.69 Å². The lowest BCUT2D eigenvalue weighted by Gasteiger charge is -2.02. The summed E-state index contributed by atoms with van der Waals surface area (Å²) in [6.45, 7) is 4.00. The van der Waals surface area contributed by atoms with Gasteiger partial charge >= 0.3 is 0 Å². The van der Waals surface area contributed by atoms with E-state index in [0.29, 0.717) is 17.0 Å². The Kier molecular flexibility index (Phi) is 5.13. The van der Waals surface area contributed by atoms with Gasteiger partial charge in [0.05, 0.1) is 24.4 Å². The molecule has 0 spiro atoms. The zero-order valence-electron chi connectivity index (χ0n) is 8.16. The van der Waals surface area contributed by atoms with Gasteiger partial charge in [0.25, 0.3) is 0 Å². The van der Waals surface area contributed by atoms with Crippen LogP contribution in [0.15, 0.2) is 18.2 Å². The fraction of sp³-hybridized carbons (Fsp3) is 0.300. The van der Waals surface area contributed by atoms with Gasteiger partial charge in [-0.2, -0.15) is 5.26 Å². The minimum Gasteiger partial charge on any atom is -0.495 e. The average Bonchev–Trinajstić information content (AvgIpc) is 2.22. The number of benzene rings is 1. The molecule has 0 saturated heterocycles. The number of methoxy groups -OCH3 is 1. The summed E-state index contributed by atoms with van der Waals surface area (Å²) in [4.78, 5) is 0. The number of hydrogen-bond donors (Lipinski definition) is 1. The summed E-state index contributed by atoms with van der Waals surface area (Å²) < 4.78 is 4.91. The topological polar surface area (TPSA) is 59.0 Å². The minimum absolute atomic E-state index is 0.545. The number of hydrogen-bond acceptors (Lipinski definition) is 3. The van der Waals surface area contributed by atoms with Crippen molar-refractivity contribution in [1.29, 1.82) is 5.26 Å². The first-order valence-corrected chi connectivity index (χ1v) is 4.11. The van der Waals surface area contributed by atoms with Crippen molar-refractivity contribution in [2.45, 2.75) is 13.8 Å². The number of rotatable bonds is 1. The molecule has 0 aliphatic carbocycles. The predicted molar refractivity (Wildman–Crippen MR) is 53.5 cm³/mol. The number of nitrogens with zero attached hydrogens (tertiary/aromatic N) is 1. The highest BCUT2D eigenvalue weighted by atomic mass is 16.5. The lowest BCUT2D eigenvalue weighted by molar-refractivity contribution is 0.417. The number of nitrogen functional groups attached to an aromatic ring is 1. The molecule has 0 aliphatic heterocycles. The number of nitrogens with two attached hydrogens (primary N) is 1. The standard InChI is InChI=1S/C8H8N2O.C2H6/c1-11-8-4-6(5-9)2-3-7(8)10;1-2/h2-4H,10H2,1H3;1-2H3. The van der Waals surface area contributed by atoms with E-state index in [-0.39, 0.29) is 0 Å². The van der Waals surface area contributed by atoms with Crippen LogP contribution in [0.25, 0.3) is 0 Å². The fourth-order valence-corrected chi connectivity index (χ4v) is 0.781. The van der Waals surface area contributed by atoms with Crippen molar-refractivity contribution < 1.29 is 4.74 Å². The molecule has 3 nitrogen and oxygen atoms in total. The second-order valence-corrected chi connectivity index (χ2v) is 2.07. The Morgan fingerprint density at radius 1 is 1.38 bits per heavy atom. The van der Waals surface area contributed by atoms with Gasteiger partial charge in [0.1, 0.15) is 5.75 Å².